The van der Waals surface area contributed by atoms with Gasteiger partial charge in [-0.2, -0.15) is 0 Å². The molecule has 1 aliphatic heterocycles. The van der Waals surface area contributed by atoms with Crippen LogP contribution in [0.25, 0.3) is 0 Å². The van der Waals surface area contributed by atoms with Crippen LogP contribution in [-0.4, -0.2) is 35.6 Å². The Kier molecular flexibility index (Phi) is 7.08. The summed E-state index contributed by atoms with van der Waals surface area (Å²) in [5.41, 5.74) is 4.32. The maximum absolute atomic E-state index is 14.2. The lowest BCUT2D eigenvalue weighted by molar-refractivity contribution is -0.123. The summed E-state index contributed by atoms with van der Waals surface area (Å²) < 4.78 is 6.04. The summed E-state index contributed by atoms with van der Waals surface area (Å²) in [5.74, 6) is -3.72. The van der Waals surface area contributed by atoms with E-state index in [0.717, 1.165) is 16.9 Å². The number of aromatic hydroxyl groups is 1. The third-order valence-electron chi connectivity index (χ3n) is 9.35. The van der Waals surface area contributed by atoms with Gasteiger partial charge in [-0.25, -0.2) is 0 Å². The van der Waals surface area contributed by atoms with Crippen molar-refractivity contribution in [2.75, 3.05) is 17.3 Å². The van der Waals surface area contributed by atoms with Crippen molar-refractivity contribution < 1.29 is 29.0 Å². The molecule has 4 atom stereocenters. The fourth-order valence-corrected chi connectivity index (χ4v) is 7.78. The largest absolute Gasteiger partial charge is 0.504 e. The summed E-state index contributed by atoms with van der Waals surface area (Å²) >= 11 is 3.49. The second-order valence-electron chi connectivity index (χ2n) is 11.8. The molecule has 9 heteroatoms. The van der Waals surface area contributed by atoms with Gasteiger partial charge in [0.2, 0.25) is 11.8 Å². The van der Waals surface area contributed by atoms with Crippen LogP contribution in [0.5, 0.6) is 11.5 Å². The Balaban J connectivity index is 1.28. The molecule has 0 radical (unpaired) electrons. The van der Waals surface area contributed by atoms with Gasteiger partial charge in [0.1, 0.15) is 0 Å². The number of benzene rings is 3. The zero-order chi connectivity index (χ0) is 31.6. The van der Waals surface area contributed by atoms with Gasteiger partial charge in [-0.3, -0.25) is 24.1 Å². The van der Waals surface area contributed by atoms with Gasteiger partial charge in [-0.05, 0) is 80.3 Å². The lowest BCUT2D eigenvalue weighted by atomic mass is 9.59. The molecule has 4 unspecified atom stereocenters. The van der Waals surface area contributed by atoms with Crippen molar-refractivity contribution >= 4 is 56.4 Å². The van der Waals surface area contributed by atoms with Gasteiger partial charge in [-0.15, -0.1) is 0 Å². The zero-order valence-corrected chi connectivity index (χ0v) is 26.1. The Morgan fingerprint density at radius 3 is 2.36 bits per heavy atom. The molecule has 0 saturated carbocycles. The highest BCUT2D eigenvalue weighted by atomic mass is 79.9. The van der Waals surface area contributed by atoms with E-state index in [1.807, 2.05) is 48.5 Å². The van der Waals surface area contributed by atoms with E-state index >= 15 is 0 Å². The predicted octanol–water partition coefficient (Wildman–Crippen LogP) is 6.54. The SMILES string of the molecule is COc1cc(Br)cc(C2C3=CCC4C(=O)N(c5ccc(Nc6ccccc6)cc5)C(=O)C4C3CC3=C2C(=O)C(C)=CC3=O)c1O. The molecule has 2 N–H and O–H groups in total. The van der Waals surface area contributed by atoms with Crippen molar-refractivity contribution in [1.82, 2.24) is 0 Å². The molecule has 226 valence electrons. The lowest BCUT2D eigenvalue weighted by Gasteiger charge is -2.42. The fourth-order valence-electron chi connectivity index (χ4n) is 7.32. The fraction of sp³-hybridized carbons (Fsp3) is 0.222. The van der Waals surface area contributed by atoms with Crippen LogP contribution in [-0.2, 0) is 19.2 Å². The quantitative estimate of drug-likeness (QED) is 0.181. The highest BCUT2D eigenvalue weighted by Gasteiger charge is 2.57. The summed E-state index contributed by atoms with van der Waals surface area (Å²) in [6.45, 7) is 1.61. The van der Waals surface area contributed by atoms with E-state index in [1.165, 1.54) is 18.1 Å². The van der Waals surface area contributed by atoms with Crippen LogP contribution in [0.4, 0.5) is 17.1 Å². The number of para-hydroxylation sites is 1. The number of ether oxygens (including phenoxy) is 1. The minimum atomic E-state index is -0.786. The number of carbonyl (C=O) groups is 4. The van der Waals surface area contributed by atoms with Crippen LogP contribution in [0.15, 0.2) is 106 Å². The first-order valence-corrected chi connectivity index (χ1v) is 15.5. The van der Waals surface area contributed by atoms with Gasteiger partial charge in [0, 0.05) is 44.0 Å². The Morgan fingerprint density at radius 2 is 1.64 bits per heavy atom. The van der Waals surface area contributed by atoms with E-state index in [-0.39, 0.29) is 41.3 Å². The number of Topliss-reactive ketones (excluding diaryl/α,β-unsaturated/α-hetero) is 1. The number of carbonyl (C=O) groups excluding carboxylic acids is 4. The third kappa shape index (κ3) is 4.64. The molecule has 0 spiro atoms. The molecular formula is C36H29BrN2O6. The molecular weight excluding hydrogens is 636 g/mol. The molecule has 1 fully saturated rings. The number of methoxy groups -OCH3 is 1. The maximum atomic E-state index is 14.2. The van der Waals surface area contributed by atoms with Crippen LogP contribution < -0.4 is 15.0 Å². The Hall–Kier alpha value is -4.76. The first-order valence-electron chi connectivity index (χ1n) is 14.7. The van der Waals surface area contributed by atoms with E-state index in [1.54, 1.807) is 31.2 Å². The van der Waals surface area contributed by atoms with Gasteiger partial charge < -0.3 is 15.2 Å². The number of nitrogens with zero attached hydrogens (tertiary/aromatic N) is 1. The number of ketones is 2. The van der Waals surface area contributed by atoms with Gasteiger partial charge in [-0.1, -0.05) is 45.8 Å². The summed E-state index contributed by atoms with van der Waals surface area (Å²) in [4.78, 5) is 56.4. The number of anilines is 3. The number of hydrogen-bond acceptors (Lipinski definition) is 7. The van der Waals surface area contributed by atoms with E-state index in [0.29, 0.717) is 38.9 Å². The number of nitrogens with one attached hydrogen (secondary N) is 1. The van der Waals surface area contributed by atoms with Crippen LogP contribution in [0, 0.1) is 17.8 Å². The van der Waals surface area contributed by atoms with E-state index in [4.69, 9.17) is 4.74 Å². The number of phenols is 1. The molecule has 3 aromatic rings. The molecule has 3 aliphatic carbocycles. The summed E-state index contributed by atoms with van der Waals surface area (Å²) in [7, 11) is 1.44. The average Bonchev–Trinajstić information content (AvgIpc) is 3.30. The Morgan fingerprint density at radius 1 is 0.933 bits per heavy atom. The Bertz CT molecular complexity index is 1890. The number of rotatable bonds is 5. The summed E-state index contributed by atoms with van der Waals surface area (Å²) in [6.07, 6.45) is 3.73. The maximum Gasteiger partial charge on any atom is 0.238 e. The molecule has 1 saturated heterocycles. The number of hydrogen-bond donors (Lipinski definition) is 2. The van der Waals surface area contributed by atoms with Crippen molar-refractivity contribution in [2.24, 2.45) is 17.8 Å². The highest BCUT2D eigenvalue weighted by molar-refractivity contribution is 9.10. The molecule has 7 rings (SSSR count). The predicted molar refractivity (Wildman–Crippen MR) is 172 cm³/mol. The van der Waals surface area contributed by atoms with E-state index in [2.05, 4.69) is 21.2 Å². The summed E-state index contributed by atoms with van der Waals surface area (Å²) in [6, 6.07) is 20.2. The number of amides is 2. The number of phenolic OH excluding ortho intramolecular Hbond substituents is 1. The topological polar surface area (TPSA) is 113 Å². The third-order valence-corrected chi connectivity index (χ3v) is 9.81. The molecule has 0 aromatic heterocycles. The van der Waals surface area contributed by atoms with E-state index in [9.17, 15) is 24.3 Å². The molecule has 3 aromatic carbocycles. The standard InChI is InChI=1S/C36H29BrN2O6/c1-18-14-28(40)26-17-25-23(30(32(26)33(18)41)27-15-19(37)16-29(45-2)34(27)42)12-13-24-31(25)36(44)39(35(24)43)22-10-8-21(9-11-22)38-20-6-4-3-5-7-20/h3-12,14-16,24-25,30-31,38,42H,13,17H2,1-2H3. The zero-order valence-electron chi connectivity index (χ0n) is 24.5. The minimum Gasteiger partial charge on any atom is -0.504 e. The summed E-state index contributed by atoms with van der Waals surface area (Å²) in [5, 5.41) is 14.6. The van der Waals surface area contributed by atoms with Crippen LogP contribution >= 0.6 is 15.9 Å². The molecule has 45 heavy (non-hydrogen) atoms. The van der Waals surface area contributed by atoms with Crippen molar-refractivity contribution in [2.45, 2.75) is 25.7 Å². The number of imide groups is 1. The van der Waals surface area contributed by atoms with Crippen molar-refractivity contribution in [3.05, 3.63) is 111 Å². The van der Waals surface area contributed by atoms with Gasteiger partial charge in [0.15, 0.2) is 23.1 Å². The van der Waals surface area contributed by atoms with Crippen LogP contribution in [0.1, 0.15) is 31.2 Å². The molecule has 2 amide bonds. The average molecular weight is 666 g/mol. The van der Waals surface area contributed by atoms with Crippen molar-refractivity contribution in [3.8, 4) is 11.5 Å². The minimum absolute atomic E-state index is 0.145. The normalized spacial score (nSPS) is 24.1. The number of halogens is 1. The van der Waals surface area contributed by atoms with Crippen LogP contribution in [0.2, 0.25) is 0 Å². The van der Waals surface area contributed by atoms with Gasteiger partial charge >= 0.3 is 0 Å². The van der Waals surface area contributed by atoms with Crippen molar-refractivity contribution in [1.29, 1.82) is 0 Å². The highest BCUT2D eigenvalue weighted by Crippen LogP contribution is 2.57. The lowest BCUT2D eigenvalue weighted by Crippen LogP contribution is -2.39. The molecule has 0 bridgehead atoms. The number of allylic oxidation sites excluding steroid dienone is 6. The Labute approximate surface area is 268 Å². The van der Waals surface area contributed by atoms with Crippen molar-refractivity contribution in [3.63, 3.8) is 0 Å². The molecule has 8 nitrogen and oxygen atoms in total. The van der Waals surface area contributed by atoms with Gasteiger partial charge in [0.05, 0.1) is 24.6 Å². The van der Waals surface area contributed by atoms with E-state index < -0.39 is 23.7 Å². The first kappa shape index (κ1) is 29.0. The smallest absolute Gasteiger partial charge is 0.238 e. The number of fused-ring (bicyclic) bond motifs is 3. The molecule has 4 aliphatic rings. The monoisotopic (exact) mass is 664 g/mol. The second-order valence-corrected chi connectivity index (χ2v) is 12.7. The first-order chi connectivity index (χ1) is 21.7. The second kappa shape index (κ2) is 11.0. The molecule has 1 heterocycles. The van der Waals surface area contributed by atoms with Gasteiger partial charge in [0.25, 0.3) is 0 Å². The van der Waals surface area contributed by atoms with Crippen LogP contribution in [0.3, 0.4) is 0 Å².